The summed E-state index contributed by atoms with van der Waals surface area (Å²) in [6, 6.07) is 6.01. The molecule has 1 amide bonds. The van der Waals surface area contributed by atoms with Crippen LogP contribution in [-0.4, -0.2) is 28.5 Å². The van der Waals surface area contributed by atoms with Gasteiger partial charge in [-0.05, 0) is 17.4 Å². The summed E-state index contributed by atoms with van der Waals surface area (Å²) >= 11 is 3.13. The van der Waals surface area contributed by atoms with Crippen LogP contribution in [0, 0.1) is 0 Å². The molecule has 5 heteroatoms. The minimum absolute atomic E-state index is 0.0287. The third-order valence-electron chi connectivity index (χ3n) is 3.73. The number of carbonyl (C=O) groups excluding carboxylic acids is 2. The number of rotatable bonds is 4. The Kier molecular flexibility index (Phi) is 4.34. The first-order valence-corrected chi connectivity index (χ1v) is 8.26. The molecule has 0 atom stereocenters. The Balaban J connectivity index is 2.00. The first kappa shape index (κ1) is 14.9. The zero-order chi connectivity index (χ0) is 15.5. The lowest BCUT2D eigenvalue weighted by atomic mass is 9.92. The molecule has 1 aromatic carbocycles. The second-order valence-electron chi connectivity index (χ2n) is 5.17. The number of pyridine rings is 1. The molecule has 0 spiro atoms. The van der Waals surface area contributed by atoms with Gasteiger partial charge in [0, 0.05) is 30.1 Å². The number of hydrogen-bond acceptors (Lipinski definition) is 3. The second-order valence-corrected chi connectivity index (χ2v) is 5.73. The zero-order valence-electron chi connectivity index (χ0n) is 11.9. The molecule has 0 fully saturated rings. The average Bonchev–Trinajstić information content (AvgIpc) is 2.54. The fourth-order valence-electron chi connectivity index (χ4n) is 2.74. The Hall–Kier alpha value is -2.01. The van der Waals surface area contributed by atoms with Crippen molar-refractivity contribution < 1.29 is 9.59 Å². The van der Waals surface area contributed by atoms with Crippen LogP contribution in [0.5, 0.6) is 0 Å². The van der Waals surface area contributed by atoms with Crippen LogP contribution in [-0.2, 0) is 11.2 Å². The molecule has 1 N–H and O–H groups in total. The number of nitrogens with zero attached hydrogens (tertiary/aromatic N) is 1. The van der Waals surface area contributed by atoms with Crippen molar-refractivity contribution in [3.63, 3.8) is 0 Å². The van der Waals surface area contributed by atoms with E-state index < -0.39 is 0 Å². The van der Waals surface area contributed by atoms with Crippen molar-refractivity contribution in [3.8, 4) is 0 Å². The van der Waals surface area contributed by atoms with Gasteiger partial charge in [-0.3, -0.25) is 14.6 Å². The van der Waals surface area contributed by atoms with Crippen molar-refractivity contribution in [2.75, 3.05) is 11.9 Å². The van der Waals surface area contributed by atoms with E-state index in [0.29, 0.717) is 30.4 Å². The number of hydrogen-bond donors (Lipinski definition) is 1. The van der Waals surface area contributed by atoms with Crippen LogP contribution in [0.4, 0.5) is 0 Å². The first-order chi connectivity index (χ1) is 10.7. The Bertz CT molecular complexity index is 784. The molecule has 112 valence electrons. The van der Waals surface area contributed by atoms with E-state index in [1.54, 1.807) is 6.20 Å². The van der Waals surface area contributed by atoms with Crippen molar-refractivity contribution in [1.82, 2.24) is 10.3 Å². The van der Waals surface area contributed by atoms with Crippen molar-refractivity contribution in [3.05, 3.63) is 47.3 Å². The van der Waals surface area contributed by atoms with Gasteiger partial charge in [-0.25, -0.2) is 0 Å². The zero-order valence-corrected chi connectivity index (χ0v) is 13.5. The molecule has 22 heavy (non-hydrogen) atoms. The van der Waals surface area contributed by atoms with Gasteiger partial charge in [-0.2, -0.15) is 0 Å². The Morgan fingerprint density at radius 1 is 1.36 bits per heavy atom. The molecular weight excluding hydrogens is 344 g/mol. The van der Waals surface area contributed by atoms with Crippen LogP contribution in [0.2, 0.25) is 0 Å². The van der Waals surface area contributed by atoms with E-state index in [0.717, 1.165) is 21.9 Å². The highest BCUT2D eigenvalue weighted by atomic mass is 79.9. The van der Waals surface area contributed by atoms with E-state index in [1.165, 1.54) is 0 Å². The number of alkyl halides is 1. The molecule has 1 aliphatic carbocycles. The number of fused-ring (bicyclic) bond motifs is 3. The first-order valence-electron chi connectivity index (χ1n) is 7.13. The number of benzene rings is 1. The summed E-state index contributed by atoms with van der Waals surface area (Å²) in [7, 11) is 0. The van der Waals surface area contributed by atoms with E-state index in [4.69, 9.17) is 0 Å². The maximum atomic E-state index is 12.0. The Morgan fingerprint density at radius 3 is 3.05 bits per heavy atom. The number of allylic oxidation sites excluding steroid dienone is 1. The van der Waals surface area contributed by atoms with Gasteiger partial charge >= 0.3 is 0 Å². The summed E-state index contributed by atoms with van der Waals surface area (Å²) in [5.41, 5.74) is 2.56. The fourth-order valence-corrected chi connectivity index (χ4v) is 2.93. The minimum atomic E-state index is -0.0287. The highest BCUT2D eigenvalue weighted by Crippen LogP contribution is 2.29. The van der Waals surface area contributed by atoms with Gasteiger partial charge in [0.05, 0.1) is 5.33 Å². The minimum Gasteiger partial charge on any atom is -0.355 e. The largest absolute Gasteiger partial charge is 0.355 e. The number of ketones is 1. The summed E-state index contributed by atoms with van der Waals surface area (Å²) in [6.07, 6.45) is 6.75. The fraction of sp³-hybridized carbons (Fsp3) is 0.235. The van der Waals surface area contributed by atoms with Crippen LogP contribution < -0.4 is 5.32 Å². The van der Waals surface area contributed by atoms with Crippen LogP contribution in [0.1, 0.15) is 28.0 Å². The Morgan fingerprint density at radius 2 is 2.23 bits per heavy atom. The smallest absolute Gasteiger partial charge is 0.230 e. The number of halogens is 1. The lowest BCUT2D eigenvalue weighted by molar-refractivity contribution is -0.118. The summed E-state index contributed by atoms with van der Waals surface area (Å²) in [6.45, 7) is 0.568. The lowest BCUT2D eigenvalue weighted by Gasteiger charge is -2.15. The van der Waals surface area contributed by atoms with Gasteiger partial charge in [0.15, 0.2) is 5.78 Å². The van der Waals surface area contributed by atoms with E-state index >= 15 is 0 Å². The third-order valence-corrected chi connectivity index (χ3v) is 4.24. The molecule has 4 nitrogen and oxygen atoms in total. The quantitative estimate of drug-likeness (QED) is 0.854. The highest BCUT2D eigenvalue weighted by Gasteiger charge is 2.18. The summed E-state index contributed by atoms with van der Waals surface area (Å²) in [4.78, 5) is 27.6. The predicted octanol–water partition coefficient (Wildman–Crippen LogP) is 2.89. The summed E-state index contributed by atoms with van der Waals surface area (Å²) < 4.78 is 0. The van der Waals surface area contributed by atoms with Crippen LogP contribution in [0.25, 0.3) is 16.8 Å². The summed E-state index contributed by atoms with van der Waals surface area (Å²) in [5.74, 6) is 0.0285. The molecule has 3 rings (SSSR count). The van der Waals surface area contributed by atoms with Gasteiger partial charge in [0.2, 0.25) is 5.91 Å². The normalized spacial score (nSPS) is 13.2. The number of Topliss-reactive ketones (excluding diaryl/α,β-unsaturated/α-hetero) is 1. The maximum absolute atomic E-state index is 12.0. The number of carbonyl (C=O) groups is 2. The van der Waals surface area contributed by atoms with E-state index in [-0.39, 0.29) is 11.7 Å². The second kappa shape index (κ2) is 6.40. The van der Waals surface area contributed by atoms with E-state index in [9.17, 15) is 9.59 Å². The van der Waals surface area contributed by atoms with Crippen LogP contribution in [0.15, 0.2) is 30.5 Å². The van der Waals surface area contributed by atoms with E-state index in [2.05, 4.69) is 26.2 Å². The molecule has 0 unspecified atom stereocenters. The van der Waals surface area contributed by atoms with Gasteiger partial charge in [-0.15, -0.1) is 0 Å². The number of aromatic nitrogens is 1. The van der Waals surface area contributed by atoms with Crippen molar-refractivity contribution >= 4 is 44.5 Å². The molecule has 0 bridgehead atoms. The molecule has 1 aliphatic rings. The number of amides is 1. The Labute approximate surface area is 136 Å². The van der Waals surface area contributed by atoms with E-state index in [1.807, 2.05) is 30.4 Å². The third kappa shape index (κ3) is 2.81. The molecule has 1 heterocycles. The average molecular weight is 359 g/mol. The number of nitrogens with one attached hydrogen (secondary N) is 1. The maximum Gasteiger partial charge on any atom is 0.230 e. The highest BCUT2D eigenvalue weighted by molar-refractivity contribution is 9.09. The monoisotopic (exact) mass is 358 g/mol. The van der Waals surface area contributed by atoms with Crippen LogP contribution in [0.3, 0.4) is 0 Å². The summed E-state index contributed by atoms with van der Waals surface area (Å²) in [5, 5.41) is 5.23. The van der Waals surface area contributed by atoms with Crippen molar-refractivity contribution in [2.24, 2.45) is 0 Å². The van der Waals surface area contributed by atoms with Gasteiger partial charge in [-0.1, -0.05) is 46.3 Å². The molecule has 0 radical (unpaired) electrons. The molecule has 2 aromatic rings. The van der Waals surface area contributed by atoms with Gasteiger partial charge < -0.3 is 5.32 Å². The molecular formula is C17H15BrN2O2. The van der Waals surface area contributed by atoms with Crippen molar-refractivity contribution in [2.45, 2.75) is 12.8 Å². The molecule has 0 saturated carbocycles. The lowest BCUT2D eigenvalue weighted by Crippen LogP contribution is -2.26. The van der Waals surface area contributed by atoms with Crippen LogP contribution >= 0.6 is 15.9 Å². The van der Waals surface area contributed by atoms with Gasteiger partial charge in [0.25, 0.3) is 0 Å². The molecule has 0 saturated heterocycles. The SMILES string of the molecule is O=C(CBr)NCCc1cccc2cnc3c(c12)C=CCC3=O. The molecule has 0 aliphatic heterocycles. The predicted molar refractivity (Wildman–Crippen MR) is 90.2 cm³/mol. The standard InChI is InChI=1S/C17H15BrN2O2/c18-9-15(22)19-8-7-11-3-1-4-12-10-20-17-13(16(11)12)5-2-6-14(17)21/h1-5,10H,6-9H2,(H,19,22). The molecule has 1 aromatic heterocycles. The van der Waals surface area contributed by atoms with Crippen molar-refractivity contribution in [1.29, 1.82) is 0 Å². The topological polar surface area (TPSA) is 59.1 Å². The van der Waals surface area contributed by atoms with Gasteiger partial charge in [0.1, 0.15) is 5.69 Å².